The fourth-order valence-electron chi connectivity index (χ4n) is 2.70. The van der Waals surface area contributed by atoms with E-state index in [1.807, 2.05) is 18.3 Å². The first-order valence-corrected chi connectivity index (χ1v) is 6.73. The summed E-state index contributed by atoms with van der Waals surface area (Å²) in [4.78, 5) is 28.3. The number of aromatic nitrogens is 1. The number of aromatic amines is 1. The molecule has 3 rings (SSSR count). The normalized spacial score (nSPS) is 21.6. The first-order valence-electron chi connectivity index (χ1n) is 6.73. The summed E-state index contributed by atoms with van der Waals surface area (Å²) in [6, 6.07) is 6.89. The Bertz CT molecular complexity index is 694. The van der Waals surface area contributed by atoms with Crippen LogP contribution in [0.3, 0.4) is 0 Å². The Hall–Kier alpha value is -2.34. The Labute approximate surface area is 121 Å². The number of carboxylic acid groups (broad SMARTS) is 1. The van der Waals surface area contributed by atoms with Crippen LogP contribution in [0.25, 0.3) is 10.9 Å². The zero-order chi connectivity index (χ0) is 15.0. The number of carboxylic acids is 1. The van der Waals surface area contributed by atoms with Crippen molar-refractivity contribution in [1.29, 1.82) is 0 Å². The second-order valence-electron chi connectivity index (χ2n) is 5.25. The molecule has 1 aliphatic heterocycles. The summed E-state index contributed by atoms with van der Waals surface area (Å²) in [7, 11) is 1.62. The van der Waals surface area contributed by atoms with Gasteiger partial charge in [-0.1, -0.05) is 6.07 Å². The molecule has 21 heavy (non-hydrogen) atoms. The van der Waals surface area contributed by atoms with Gasteiger partial charge in [-0.25, -0.2) is 0 Å². The van der Waals surface area contributed by atoms with Crippen LogP contribution in [-0.4, -0.2) is 53.2 Å². The summed E-state index contributed by atoms with van der Waals surface area (Å²) in [5.74, 6) is -1.81. The van der Waals surface area contributed by atoms with Gasteiger partial charge in [0.1, 0.15) is 5.92 Å². The Balaban J connectivity index is 1.84. The number of fused-ring (bicyclic) bond motifs is 1. The molecule has 2 atom stereocenters. The fourth-order valence-corrected chi connectivity index (χ4v) is 2.70. The molecule has 2 heterocycles. The van der Waals surface area contributed by atoms with E-state index in [2.05, 4.69) is 4.98 Å². The number of ether oxygens (including phenoxy) is 1. The van der Waals surface area contributed by atoms with Crippen LogP contribution in [0, 0.1) is 5.92 Å². The number of benzene rings is 1. The molecule has 2 aromatic rings. The molecule has 1 aromatic carbocycles. The van der Waals surface area contributed by atoms with Crippen LogP contribution in [0.1, 0.15) is 10.4 Å². The van der Waals surface area contributed by atoms with Crippen LogP contribution >= 0.6 is 0 Å². The molecule has 6 heteroatoms. The Kier molecular flexibility index (Phi) is 3.39. The Morgan fingerprint density at radius 3 is 2.90 bits per heavy atom. The molecule has 2 unspecified atom stereocenters. The van der Waals surface area contributed by atoms with Crippen LogP contribution < -0.4 is 0 Å². The number of aliphatic carboxylic acids is 1. The largest absolute Gasteiger partial charge is 0.481 e. The standard InChI is InChI=1S/C15H16N2O4/c1-17(13-8-21-7-11(13)15(19)20)14(18)10-3-2-9-4-5-16-12(9)6-10/h2-6,11,13,16H,7-8H2,1H3,(H,19,20). The molecule has 2 N–H and O–H groups in total. The summed E-state index contributed by atoms with van der Waals surface area (Å²) in [5, 5.41) is 10.2. The first kappa shape index (κ1) is 13.6. The number of nitrogens with zero attached hydrogens (tertiary/aromatic N) is 1. The number of rotatable bonds is 3. The maximum atomic E-state index is 12.5. The second-order valence-corrected chi connectivity index (χ2v) is 5.25. The number of likely N-dealkylation sites (N-methyl/N-ethyl adjacent to an activating group) is 1. The van der Waals surface area contributed by atoms with Crippen molar-refractivity contribution in [2.45, 2.75) is 6.04 Å². The number of nitrogens with one attached hydrogen (secondary N) is 1. The van der Waals surface area contributed by atoms with E-state index in [9.17, 15) is 14.7 Å². The molecule has 0 radical (unpaired) electrons. The number of amides is 1. The van der Waals surface area contributed by atoms with E-state index in [0.717, 1.165) is 10.9 Å². The third-order valence-electron chi connectivity index (χ3n) is 3.99. The molecule has 0 aliphatic carbocycles. The van der Waals surface area contributed by atoms with E-state index in [4.69, 9.17) is 4.74 Å². The van der Waals surface area contributed by atoms with E-state index in [-0.39, 0.29) is 19.1 Å². The lowest BCUT2D eigenvalue weighted by Crippen LogP contribution is -2.44. The molecule has 1 aromatic heterocycles. The molecule has 110 valence electrons. The lowest BCUT2D eigenvalue weighted by Gasteiger charge is -2.26. The smallest absolute Gasteiger partial charge is 0.311 e. The van der Waals surface area contributed by atoms with Crippen molar-refractivity contribution in [3.63, 3.8) is 0 Å². The summed E-state index contributed by atoms with van der Waals surface area (Å²) < 4.78 is 5.22. The monoisotopic (exact) mass is 288 g/mol. The van der Waals surface area contributed by atoms with Crippen molar-refractivity contribution in [2.24, 2.45) is 5.92 Å². The van der Waals surface area contributed by atoms with Crippen molar-refractivity contribution in [3.05, 3.63) is 36.0 Å². The molecule has 0 saturated carbocycles. The highest BCUT2D eigenvalue weighted by Gasteiger charge is 2.38. The summed E-state index contributed by atoms with van der Waals surface area (Å²) in [6.07, 6.45) is 1.81. The molecule has 1 fully saturated rings. The zero-order valence-electron chi connectivity index (χ0n) is 11.6. The van der Waals surface area contributed by atoms with Crippen LogP contribution in [0.15, 0.2) is 30.5 Å². The summed E-state index contributed by atoms with van der Waals surface area (Å²) >= 11 is 0. The second kappa shape index (κ2) is 5.21. The minimum Gasteiger partial charge on any atom is -0.481 e. The van der Waals surface area contributed by atoms with Crippen LogP contribution in [0.4, 0.5) is 0 Å². The highest BCUT2D eigenvalue weighted by Crippen LogP contribution is 2.22. The van der Waals surface area contributed by atoms with Crippen LogP contribution in [0.5, 0.6) is 0 Å². The quantitative estimate of drug-likeness (QED) is 0.893. The zero-order valence-corrected chi connectivity index (χ0v) is 11.6. The lowest BCUT2D eigenvalue weighted by atomic mass is 10.0. The van der Waals surface area contributed by atoms with Gasteiger partial charge in [0, 0.05) is 24.3 Å². The van der Waals surface area contributed by atoms with Crippen molar-refractivity contribution < 1.29 is 19.4 Å². The fraction of sp³-hybridized carbons (Fsp3) is 0.333. The number of hydrogen-bond acceptors (Lipinski definition) is 3. The number of H-pyrrole nitrogens is 1. The molecule has 0 bridgehead atoms. The third-order valence-corrected chi connectivity index (χ3v) is 3.99. The van der Waals surface area contributed by atoms with Gasteiger partial charge in [0.05, 0.1) is 19.3 Å². The van der Waals surface area contributed by atoms with Gasteiger partial charge in [-0.05, 0) is 23.6 Å². The van der Waals surface area contributed by atoms with Gasteiger partial charge in [-0.3, -0.25) is 9.59 Å². The number of hydrogen-bond donors (Lipinski definition) is 2. The molecular formula is C15H16N2O4. The molecule has 1 saturated heterocycles. The molecule has 0 spiro atoms. The van der Waals surface area contributed by atoms with Gasteiger partial charge in [0.25, 0.3) is 5.91 Å². The number of carbonyl (C=O) groups excluding carboxylic acids is 1. The van der Waals surface area contributed by atoms with Crippen LogP contribution in [0.2, 0.25) is 0 Å². The topological polar surface area (TPSA) is 82.6 Å². The minimum absolute atomic E-state index is 0.146. The maximum Gasteiger partial charge on any atom is 0.311 e. The highest BCUT2D eigenvalue weighted by molar-refractivity contribution is 5.98. The molecule has 1 aliphatic rings. The molecular weight excluding hydrogens is 272 g/mol. The Morgan fingerprint density at radius 2 is 2.14 bits per heavy atom. The lowest BCUT2D eigenvalue weighted by molar-refractivity contribution is -0.142. The van der Waals surface area contributed by atoms with Gasteiger partial charge in [-0.15, -0.1) is 0 Å². The average Bonchev–Trinajstić information content (AvgIpc) is 3.13. The summed E-state index contributed by atoms with van der Waals surface area (Å²) in [6.45, 7) is 0.400. The average molecular weight is 288 g/mol. The van der Waals surface area contributed by atoms with E-state index < -0.39 is 17.9 Å². The van der Waals surface area contributed by atoms with E-state index >= 15 is 0 Å². The van der Waals surface area contributed by atoms with Crippen molar-refractivity contribution in [3.8, 4) is 0 Å². The molecule has 1 amide bonds. The maximum absolute atomic E-state index is 12.5. The number of carbonyl (C=O) groups is 2. The Morgan fingerprint density at radius 1 is 1.33 bits per heavy atom. The van der Waals surface area contributed by atoms with Crippen LogP contribution in [-0.2, 0) is 9.53 Å². The minimum atomic E-state index is -0.933. The first-order chi connectivity index (χ1) is 10.1. The van der Waals surface area contributed by atoms with E-state index in [1.165, 1.54) is 4.90 Å². The predicted octanol–water partition coefficient (Wildman–Crippen LogP) is 1.34. The molecule has 6 nitrogen and oxygen atoms in total. The van der Waals surface area contributed by atoms with E-state index in [0.29, 0.717) is 5.56 Å². The van der Waals surface area contributed by atoms with E-state index in [1.54, 1.807) is 19.2 Å². The summed E-state index contributed by atoms with van der Waals surface area (Å²) in [5.41, 5.74) is 1.41. The van der Waals surface area contributed by atoms with Crippen molar-refractivity contribution >= 4 is 22.8 Å². The highest BCUT2D eigenvalue weighted by atomic mass is 16.5. The van der Waals surface area contributed by atoms with Crippen molar-refractivity contribution in [1.82, 2.24) is 9.88 Å². The predicted molar refractivity (Wildman–Crippen MR) is 76.1 cm³/mol. The van der Waals surface area contributed by atoms with Gasteiger partial charge in [0.2, 0.25) is 0 Å². The van der Waals surface area contributed by atoms with Gasteiger partial charge in [-0.2, -0.15) is 0 Å². The van der Waals surface area contributed by atoms with Gasteiger partial charge in [0.15, 0.2) is 0 Å². The SMILES string of the molecule is CN(C(=O)c1ccc2cc[nH]c2c1)C1COCC1C(=O)O. The van der Waals surface area contributed by atoms with Gasteiger partial charge >= 0.3 is 5.97 Å². The third kappa shape index (κ3) is 2.38. The van der Waals surface area contributed by atoms with Crippen molar-refractivity contribution in [2.75, 3.05) is 20.3 Å². The van der Waals surface area contributed by atoms with Gasteiger partial charge < -0.3 is 19.7 Å².